The zero-order valence-electron chi connectivity index (χ0n) is 18.5. The van der Waals surface area contributed by atoms with Crippen molar-refractivity contribution in [3.05, 3.63) is 53.3 Å². The molecule has 35 heavy (non-hydrogen) atoms. The van der Waals surface area contributed by atoms with E-state index < -0.39 is 11.7 Å². The molecule has 0 atom stereocenters. The van der Waals surface area contributed by atoms with E-state index in [1.54, 1.807) is 9.36 Å². The molecule has 4 aromatic rings. The van der Waals surface area contributed by atoms with Crippen LogP contribution in [0.15, 0.2) is 36.4 Å². The molecule has 2 aromatic carbocycles. The molecular weight excluding hydrogens is 465 g/mol. The van der Waals surface area contributed by atoms with E-state index in [-0.39, 0.29) is 18.4 Å². The Bertz CT molecular complexity index is 1360. The molecule has 0 aliphatic carbocycles. The quantitative estimate of drug-likeness (QED) is 0.425. The van der Waals surface area contributed by atoms with Crippen molar-refractivity contribution in [1.29, 1.82) is 0 Å². The third kappa shape index (κ3) is 4.27. The lowest BCUT2D eigenvalue weighted by Gasteiger charge is -2.31. The van der Waals surface area contributed by atoms with Crippen LogP contribution in [-0.4, -0.2) is 60.0 Å². The molecule has 2 aliphatic heterocycles. The number of alkyl halides is 3. The van der Waals surface area contributed by atoms with Crippen LogP contribution >= 0.6 is 0 Å². The molecule has 10 nitrogen and oxygen atoms in total. The maximum Gasteiger partial charge on any atom is 0.416 e. The third-order valence-corrected chi connectivity index (χ3v) is 6.44. The van der Waals surface area contributed by atoms with Gasteiger partial charge < -0.3 is 9.47 Å². The average molecular weight is 486 g/mol. The zero-order valence-corrected chi connectivity index (χ0v) is 18.5. The molecule has 2 aromatic heterocycles. The minimum Gasteiger partial charge on any atom is -0.454 e. The van der Waals surface area contributed by atoms with E-state index >= 15 is 0 Å². The number of piperidine rings is 1. The first-order valence-electron chi connectivity index (χ1n) is 11.2. The van der Waals surface area contributed by atoms with Crippen molar-refractivity contribution in [1.82, 2.24) is 40.1 Å². The number of likely N-dealkylation sites (tertiary alicyclic amines) is 1. The number of fused-ring (bicyclic) bond motifs is 2. The third-order valence-electron chi connectivity index (χ3n) is 6.44. The minimum absolute atomic E-state index is 0.0672. The maximum atomic E-state index is 13.0. The van der Waals surface area contributed by atoms with Gasteiger partial charge in [0, 0.05) is 13.1 Å². The first-order chi connectivity index (χ1) is 16.9. The average Bonchev–Trinajstić information content (AvgIpc) is 3.58. The van der Waals surface area contributed by atoms with Crippen molar-refractivity contribution in [2.24, 2.45) is 0 Å². The number of aromatic nitrogens is 7. The lowest BCUT2D eigenvalue weighted by Crippen LogP contribution is -2.35. The molecule has 4 heterocycles. The van der Waals surface area contributed by atoms with Gasteiger partial charge in [-0.1, -0.05) is 11.3 Å². The minimum atomic E-state index is -4.40. The topological polar surface area (TPSA) is 96.0 Å². The van der Waals surface area contributed by atoms with Crippen molar-refractivity contribution in [2.75, 3.05) is 19.9 Å². The number of hydrogen-bond donors (Lipinski definition) is 0. The van der Waals surface area contributed by atoms with E-state index in [9.17, 15) is 13.2 Å². The highest BCUT2D eigenvalue weighted by molar-refractivity contribution is 5.75. The van der Waals surface area contributed by atoms with E-state index in [1.807, 2.05) is 18.2 Å². The van der Waals surface area contributed by atoms with Crippen LogP contribution in [0.4, 0.5) is 13.2 Å². The zero-order chi connectivity index (χ0) is 24.0. The van der Waals surface area contributed by atoms with Crippen LogP contribution in [0, 0.1) is 0 Å². The number of nitrogens with zero attached hydrogens (tertiary/aromatic N) is 8. The Morgan fingerprint density at radius 2 is 1.74 bits per heavy atom. The lowest BCUT2D eigenvalue weighted by molar-refractivity contribution is -0.137. The second-order valence-electron chi connectivity index (χ2n) is 8.68. The summed E-state index contributed by atoms with van der Waals surface area (Å²) in [7, 11) is 0. The Morgan fingerprint density at radius 1 is 0.914 bits per heavy atom. The van der Waals surface area contributed by atoms with E-state index in [0.717, 1.165) is 61.0 Å². The summed E-state index contributed by atoms with van der Waals surface area (Å²) in [5.74, 6) is 2.20. The number of ether oxygens (including phenoxy) is 2. The van der Waals surface area contributed by atoms with E-state index in [1.165, 1.54) is 6.07 Å². The Balaban J connectivity index is 1.10. The molecule has 0 unspecified atom stereocenters. The molecule has 0 amide bonds. The van der Waals surface area contributed by atoms with Gasteiger partial charge in [-0.2, -0.15) is 13.2 Å². The molecule has 0 N–H and O–H groups in total. The molecule has 1 fully saturated rings. The predicted octanol–water partition coefficient (Wildman–Crippen LogP) is 3.05. The number of rotatable bonds is 5. The van der Waals surface area contributed by atoms with Gasteiger partial charge >= 0.3 is 6.18 Å². The van der Waals surface area contributed by atoms with Crippen molar-refractivity contribution < 1.29 is 22.6 Å². The summed E-state index contributed by atoms with van der Waals surface area (Å²) in [5, 5.41) is 20.3. The van der Waals surface area contributed by atoms with Crippen LogP contribution in [0.5, 0.6) is 11.5 Å². The number of hydrogen-bond acceptors (Lipinski definition) is 8. The highest BCUT2D eigenvalue weighted by Crippen LogP contribution is 2.34. The fraction of sp³-hybridized carbons (Fsp3) is 0.409. The Labute approximate surface area is 197 Å². The van der Waals surface area contributed by atoms with Gasteiger partial charge in [0.1, 0.15) is 5.52 Å². The van der Waals surface area contributed by atoms with Crippen LogP contribution in [0.1, 0.15) is 35.8 Å². The number of tetrazole rings is 1. The first-order valence-corrected chi connectivity index (χ1v) is 11.2. The van der Waals surface area contributed by atoms with Gasteiger partial charge in [0.15, 0.2) is 17.3 Å². The second kappa shape index (κ2) is 8.48. The molecule has 1 saturated heterocycles. The fourth-order valence-electron chi connectivity index (χ4n) is 4.58. The van der Waals surface area contributed by atoms with Gasteiger partial charge in [0.2, 0.25) is 6.79 Å². The van der Waals surface area contributed by atoms with Crippen molar-refractivity contribution in [2.45, 2.75) is 38.1 Å². The van der Waals surface area contributed by atoms with Gasteiger partial charge in [-0.25, -0.2) is 9.36 Å². The highest BCUT2D eigenvalue weighted by atomic mass is 19.4. The van der Waals surface area contributed by atoms with Crippen LogP contribution in [-0.2, 0) is 19.3 Å². The second-order valence-corrected chi connectivity index (χ2v) is 8.68. The molecule has 6 rings (SSSR count). The largest absolute Gasteiger partial charge is 0.454 e. The van der Waals surface area contributed by atoms with Gasteiger partial charge in [-0.15, -0.1) is 10.2 Å². The van der Waals surface area contributed by atoms with E-state index in [0.29, 0.717) is 18.6 Å². The van der Waals surface area contributed by atoms with E-state index in [4.69, 9.17) is 9.47 Å². The first kappa shape index (κ1) is 21.8. The predicted molar refractivity (Wildman–Crippen MR) is 116 cm³/mol. The fourth-order valence-corrected chi connectivity index (χ4v) is 4.58. The normalized spacial score (nSPS) is 16.9. The Morgan fingerprint density at radius 3 is 2.57 bits per heavy atom. The summed E-state index contributed by atoms with van der Waals surface area (Å²) < 4.78 is 53.3. The molecule has 0 radical (unpaired) electrons. The molecular formula is C22H21F3N8O2. The standard InChI is InChI=1S/C22H21F3N8O2/c23-22(24,25)15-2-3-18-17(10-15)26-29-33(18)16-5-7-31(8-6-16)12-21-27-28-30-32(21)11-14-1-4-19-20(9-14)35-13-34-19/h1-4,9-10,16H,5-8,11-13H2. The van der Waals surface area contributed by atoms with Crippen molar-refractivity contribution >= 4 is 11.0 Å². The maximum absolute atomic E-state index is 13.0. The summed E-state index contributed by atoms with van der Waals surface area (Å²) in [4.78, 5) is 2.26. The van der Waals surface area contributed by atoms with Crippen molar-refractivity contribution in [3.63, 3.8) is 0 Å². The smallest absolute Gasteiger partial charge is 0.416 e. The summed E-state index contributed by atoms with van der Waals surface area (Å²) >= 11 is 0. The van der Waals surface area contributed by atoms with Gasteiger partial charge in [0.25, 0.3) is 0 Å². The van der Waals surface area contributed by atoms with Crippen LogP contribution < -0.4 is 9.47 Å². The summed E-state index contributed by atoms with van der Waals surface area (Å²) in [5.41, 5.74) is 1.16. The Hall–Kier alpha value is -3.74. The lowest BCUT2D eigenvalue weighted by atomic mass is 10.0. The number of halogens is 3. The van der Waals surface area contributed by atoms with Crippen molar-refractivity contribution in [3.8, 4) is 11.5 Å². The molecule has 2 aliphatic rings. The van der Waals surface area contributed by atoms with Gasteiger partial charge in [-0.3, -0.25) is 4.90 Å². The summed E-state index contributed by atoms with van der Waals surface area (Å²) in [6.45, 7) is 2.90. The number of benzene rings is 2. The summed E-state index contributed by atoms with van der Waals surface area (Å²) in [6.07, 6.45) is -2.81. The van der Waals surface area contributed by atoms with Crippen LogP contribution in [0.2, 0.25) is 0 Å². The van der Waals surface area contributed by atoms with Gasteiger partial charge in [-0.05, 0) is 59.2 Å². The monoisotopic (exact) mass is 486 g/mol. The molecule has 13 heteroatoms. The van der Waals surface area contributed by atoms with Crippen LogP contribution in [0.3, 0.4) is 0 Å². The summed E-state index contributed by atoms with van der Waals surface area (Å²) in [6, 6.07) is 9.42. The Kier molecular flexibility index (Phi) is 5.28. The van der Waals surface area contributed by atoms with Crippen LogP contribution in [0.25, 0.3) is 11.0 Å². The SMILES string of the molecule is FC(F)(F)c1ccc2c(c1)nnn2C1CCN(Cc2nnnn2Cc2ccc3c(c2)OCO3)CC1. The molecule has 0 bridgehead atoms. The van der Waals surface area contributed by atoms with E-state index in [2.05, 4.69) is 30.7 Å². The molecule has 0 saturated carbocycles. The van der Waals surface area contributed by atoms with Gasteiger partial charge in [0.05, 0.1) is 30.2 Å². The highest BCUT2D eigenvalue weighted by Gasteiger charge is 2.31. The molecule has 182 valence electrons. The molecule has 0 spiro atoms.